The Morgan fingerprint density at radius 2 is 2.20 bits per heavy atom. The number of pyridine rings is 1. The highest BCUT2D eigenvalue weighted by atomic mass is 16.3. The second-order valence-corrected chi connectivity index (χ2v) is 2.41. The fourth-order valence-corrected chi connectivity index (χ4v) is 0.971. The lowest BCUT2D eigenvalue weighted by Gasteiger charge is -1.99. The molecule has 1 aromatic rings. The van der Waals surface area contributed by atoms with Crippen LogP contribution in [-0.2, 0) is 7.05 Å². The van der Waals surface area contributed by atoms with Crippen LogP contribution in [0.4, 0.5) is 0 Å². The van der Waals surface area contributed by atoms with Crippen LogP contribution in [0.1, 0.15) is 18.7 Å². The number of nitrogens with zero attached hydrogens (tertiary/aromatic N) is 1. The molecular weight excluding hydrogens is 126 g/mol. The topological polar surface area (TPSA) is 24.1 Å². The van der Waals surface area contributed by atoms with Crippen LogP contribution >= 0.6 is 0 Å². The van der Waals surface area contributed by atoms with E-state index >= 15 is 0 Å². The van der Waals surface area contributed by atoms with Gasteiger partial charge in [-0.2, -0.15) is 0 Å². The Bertz CT molecular complexity index is 220. The maximum Gasteiger partial charge on any atom is 0.209 e. The van der Waals surface area contributed by atoms with E-state index < -0.39 is 0 Å². The molecule has 2 heteroatoms. The predicted octanol–water partition coefficient (Wildman–Crippen LogP) is 0.564. The number of aromatic nitrogens is 1. The Morgan fingerprint density at radius 1 is 1.50 bits per heavy atom. The second-order valence-electron chi connectivity index (χ2n) is 2.41. The molecule has 0 aliphatic carbocycles. The molecule has 0 unspecified atom stereocenters. The van der Waals surface area contributed by atoms with E-state index in [2.05, 4.69) is 0 Å². The van der Waals surface area contributed by atoms with Crippen LogP contribution in [0, 0.1) is 0 Å². The molecule has 0 spiro atoms. The van der Waals surface area contributed by atoms with Gasteiger partial charge in [0.25, 0.3) is 0 Å². The molecule has 0 aliphatic rings. The Balaban J connectivity index is 3.03. The molecule has 1 N–H and O–H groups in total. The first kappa shape index (κ1) is 7.22. The van der Waals surface area contributed by atoms with Gasteiger partial charge in [-0.05, 0) is 6.92 Å². The van der Waals surface area contributed by atoms with Crippen molar-refractivity contribution in [3.63, 3.8) is 0 Å². The molecule has 0 saturated heterocycles. The molecule has 0 aliphatic heterocycles. The summed E-state index contributed by atoms with van der Waals surface area (Å²) in [6.45, 7) is 1.76. The number of hydrogen-bond donors (Lipinski definition) is 1. The molecule has 1 rings (SSSR count). The van der Waals surface area contributed by atoms with Gasteiger partial charge in [0.2, 0.25) is 5.69 Å². The second kappa shape index (κ2) is 2.80. The molecule has 0 bridgehead atoms. The summed E-state index contributed by atoms with van der Waals surface area (Å²) in [4.78, 5) is 0. The van der Waals surface area contributed by atoms with Crippen LogP contribution in [0.25, 0.3) is 0 Å². The molecule has 54 valence electrons. The lowest BCUT2D eigenvalue weighted by molar-refractivity contribution is -0.682. The van der Waals surface area contributed by atoms with Crippen LogP contribution in [0.15, 0.2) is 24.4 Å². The lowest BCUT2D eigenvalue weighted by atomic mass is 10.2. The van der Waals surface area contributed by atoms with Gasteiger partial charge in [-0.15, -0.1) is 0 Å². The van der Waals surface area contributed by atoms with Gasteiger partial charge in [-0.1, -0.05) is 6.07 Å². The fourth-order valence-electron chi connectivity index (χ4n) is 0.971. The molecule has 1 aromatic heterocycles. The molecule has 10 heavy (non-hydrogen) atoms. The Morgan fingerprint density at radius 3 is 2.60 bits per heavy atom. The Labute approximate surface area is 60.8 Å². The molecule has 0 amide bonds. The number of rotatable bonds is 1. The van der Waals surface area contributed by atoms with E-state index in [1.54, 1.807) is 6.92 Å². The van der Waals surface area contributed by atoms with Crippen molar-refractivity contribution < 1.29 is 9.67 Å². The maximum atomic E-state index is 9.18. The van der Waals surface area contributed by atoms with Crippen molar-refractivity contribution in [2.24, 2.45) is 7.05 Å². The Kier molecular flexibility index (Phi) is 2.02. The monoisotopic (exact) mass is 138 g/mol. The van der Waals surface area contributed by atoms with Gasteiger partial charge in [0.05, 0.1) is 0 Å². The quantitative estimate of drug-likeness (QED) is 0.563. The molecule has 0 radical (unpaired) electrons. The van der Waals surface area contributed by atoms with Crippen LogP contribution in [0.5, 0.6) is 0 Å². The molecule has 1 atom stereocenters. The third kappa shape index (κ3) is 1.33. The zero-order valence-electron chi connectivity index (χ0n) is 6.28. The van der Waals surface area contributed by atoms with E-state index in [9.17, 15) is 5.11 Å². The Hall–Kier alpha value is -0.890. The highest BCUT2D eigenvalue weighted by Crippen LogP contribution is 2.03. The summed E-state index contributed by atoms with van der Waals surface area (Å²) >= 11 is 0. The van der Waals surface area contributed by atoms with Crippen molar-refractivity contribution in [3.05, 3.63) is 30.1 Å². The average molecular weight is 138 g/mol. The minimum atomic E-state index is -0.383. The predicted molar refractivity (Wildman–Crippen MR) is 38.3 cm³/mol. The highest BCUT2D eigenvalue weighted by Gasteiger charge is 2.09. The van der Waals surface area contributed by atoms with Gasteiger partial charge in [0.15, 0.2) is 6.20 Å². The maximum absolute atomic E-state index is 9.18. The minimum Gasteiger partial charge on any atom is -0.382 e. The summed E-state index contributed by atoms with van der Waals surface area (Å²) in [6.07, 6.45) is 1.54. The first-order valence-corrected chi connectivity index (χ1v) is 3.34. The van der Waals surface area contributed by atoms with Gasteiger partial charge in [-0.25, -0.2) is 4.57 Å². The van der Waals surface area contributed by atoms with Crippen molar-refractivity contribution in [1.82, 2.24) is 0 Å². The number of aliphatic hydroxyl groups is 1. The lowest BCUT2D eigenvalue weighted by Crippen LogP contribution is -2.33. The van der Waals surface area contributed by atoms with Crippen LogP contribution < -0.4 is 4.57 Å². The number of hydrogen-bond acceptors (Lipinski definition) is 1. The van der Waals surface area contributed by atoms with Crippen molar-refractivity contribution in [1.29, 1.82) is 0 Å². The van der Waals surface area contributed by atoms with E-state index in [4.69, 9.17) is 0 Å². The third-order valence-corrected chi connectivity index (χ3v) is 1.52. The zero-order chi connectivity index (χ0) is 7.56. The van der Waals surface area contributed by atoms with Gasteiger partial charge in [-0.3, -0.25) is 0 Å². The summed E-state index contributed by atoms with van der Waals surface area (Å²) in [6, 6.07) is 5.76. The normalized spacial score (nSPS) is 13.1. The zero-order valence-corrected chi connectivity index (χ0v) is 6.28. The van der Waals surface area contributed by atoms with Crippen molar-refractivity contribution in [3.8, 4) is 0 Å². The molecule has 2 nitrogen and oxygen atoms in total. The fraction of sp³-hybridized carbons (Fsp3) is 0.375. The van der Waals surface area contributed by atoms with Crippen LogP contribution in [0.3, 0.4) is 0 Å². The third-order valence-electron chi connectivity index (χ3n) is 1.52. The van der Waals surface area contributed by atoms with Crippen molar-refractivity contribution in [2.75, 3.05) is 0 Å². The molecule has 0 aromatic carbocycles. The van der Waals surface area contributed by atoms with E-state index in [1.807, 2.05) is 36.0 Å². The van der Waals surface area contributed by atoms with Gasteiger partial charge < -0.3 is 5.11 Å². The molecule has 0 fully saturated rings. The van der Waals surface area contributed by atoms with Gasteiger partial charge in [0.1, 0.15) is 13.2 Å². The van der Waals surface area contributed by atoms with Gasteiger partial charge >= 0.3 is 0 Å². The number of aliphatic hydroxyl groups excluding tert-OH is 1. The summed E-state index contributed by atoms with van der Waals surface area (Å²) in [5.74, 6) is 0. The summed E-state index contributed by atoms with van der Waals surface area (Å²) in [5.41, 5.74) is 0.933. The SMILES string of the molecule is C[C@H](O)c1cccc[n+]1C. The minimum absolute atomic E-state index is 0.383. The van der Waals surface area contributed by atoms with Gasteiger partial charge in [0, 0.05) is 12.1 Å². The van der Waals surface area contributed by atoms with E-state index in [1.165, 1.54) is 0 Å². The first-order valence-electron chi connectivity index (χ1n) is 3.34. The van der Waals surface area contributed by atoms with E-state index in [-0.39, 0.29) is 6.10 Å². The first-order chi connectivity index (χ1) is 4.72. The summed E-state index contributed by atoms with van der Waals surface area (Å²) < 4.78 is 1.91. The standard InChI is InChI=1S/C8H12NO/c1-7(10)8-5-3-4-6-9(8)2/h3-7,10H,1-2H3/q+1/t7-/m0/s1. The van der Waals surface area contributed by atoms with E-state index in [0.29, 0.717) is 0 Å². The summed E-state index contributed by atoms with van der Waals surface area (Å²) in [5, 5.41) is 9.18. The summed E-state index contributed by atoms with van der Waals surface area (Å²) in [7, 11) is 1.92. The van der Waals surface area contributed by atoms with Crippen molar-refractivity contribution in [2.45, 2.75) is 13.0 Å². The average Bonchev–Trinajstić information content (AvgIpc) is 1.88. The largest absolute Gasteiger partial charge is 0.382 e. The highest BCUT2D eigenvalue weighted by molar-refractivity contribution is 4.98. The molecule has 1 heterocycles. The van der Waals surface area contributed by atoms with Crippen molar-refractivity contribution >= 4 is 0 Å². The smallest absolute Gasteiger partial charge is 0.209 e. The molecular formula is C8H12NO+. The molecule has 0 saturated carbocycles. The number of aryl methyl sites for hydroxylation is 1. The van der Waals surface area contributed by atoms with Crippen LogP contribution in [0.2, 0.25) is 0 Å². The van der Waals surface area contributed by atoms with E-state index in [0.717, 1.165) is 5.69 Å². The van der Waals surface area contributed by atoms with Crippen LogP contribution in [-0.4, -0.2) is 5.11 Å².